The lowest BCUT2D eigenvalue weighted by Crippen LogP contribution is -2.17. The van der Waals surface area contributed by atoms with Gasteiger partial charge < -0.3 is 4.57 Å². The quantitative estimate of drug-likeness (QED) is 0.630. The summed E-state index contributed by atoms with van der Waals surface area (Å²) in [6.45, 7) is 9.12. The first-order valence-electron chi connectivity index (χ1n) is 8.98. The molecule has 0 bridgehead atoms. The van der Waals surface area contributed by atoms with Gasteiger partial charge in [-0.1, -0.05) is 54.4 Å². The molecule has 0 aliphatic rings. The molecule has 2 aromatic carbocycles. The van der Waals surface area contributed by atoms with Gasteiger partial charge in [0.15, 0.2) is 4.80 Å². The van der Waals surface area contributed by atoms with Gasteiger partial charge in [-0.25, -0.2) is 0 Å². The van der Waals surface area contributed by atoms with Crippen molar-refractivity contribution in [2.75, 3.05) is 0 Å². The Balaban J connectivity index is 2.12. The maximum Gasteiger partial charge on any atom is 0.279 e. The van der Waals surface area contributed by atoms with Crippen LogP contribution in [-0.4, -0.2) is 10.5 Å². The lowest BCUT2D eigenvalue weighted by molar-refractivity contribution is 0.0998. The van der Waals surface area contributed by atoms with Gasteiger partial charge in [0.2, 0.25) is 0 Å². The third kappa shape index (κ3) is 3.70. The minimum absolute atomic E-state index is 0.188. The second-order valence-corrected chi connectivity index (χ2v) is 7.47. The summed E-state index contributed by atoms with van der Waals surface area (Å²) in [5.41, 5.74) is 5.35. The average molecular weight is 365 g/mol. The van der Waals surface area contributed by atoms with E-state index < -0.39 is 0 Å². The van der Waals surface area contributed by atoms with Gasteiger partial charge in [-0.15, -0.1) is 11.3 Å². The average Bonchev–Trinajstić information content (AvgIpc) is 3.00. The van der Waals surface area contributed by atoms with Crippen LogP contribution < -0.4 is 4.80 Å². The molecule has 0 saturated heterocycles. The fourth-order valence-electron chi connectivity index (χ4n) is 2.95. The van der Waals surface area contributed by atoms with Crippen molar-refractivity contribution in [3.63, 3.8) is 0 Å². The van der Waals surface area contributed by atoms with Crippen molar-refractivity contribution >= 4 is 17.2 Å². The molecule has 3 rings (SSSR count). The molecular formula is C22H24N2OS. The monoisotopic (exact) mass is 364 g/mol. The molecule has 0 atom stereocenters. The Morgan fingerprint density at radius 2 is 1.54 bits per heavy atom. The van der Waals surface area contributed by atoms with Gasteiger partial charge in [0, 0.05) is 17.0 Å². The van der Waals surface area contributed by atoms with Crippen molar-refractivity contribution in [2.45, 2.75) is 40.7 Å². The van der Waals surface area contributed by atoms with Gasteiger partial charge in [-0.2, -0.15) is 4.99 Å². The Hall–Kier alpha value is -2.46. The van der Waals surface area contributed by atoms with Crippen LogP contribution in [0.25, 0.3) is 11.3 Å². The second kappa shape index (κ2) is 7.83. The van der Waals surface area contributed by atoms with Gasteiger partial charge in [-0.05, 0) is 44.9 Å². The summed E-state index contributed by atoms with van der Waals surface area (Å²) in [6.07, 6.45) is 0.919. The number of benzene rings is 2. The van der Waals surface area contributed by atoms with E-state index in [1.165, 1.54) is 21.7 Å². The molecular weight excluding hydrogens is 340 g/mol. The number of nitrogens with zero attached hydrogens (tertiary/aromatic N) is 2. The summed E-state index contributed by atoms with van der Waals surface area (Å²) in [4.78, 5) is 19.1. The minimum Gasteiger partial charge on any atom is -0.316 e. The van der Waals surface area contributed by atoms with Crippen LogP contribution in [0.2, 0.25) is 0 Å². The SMILES string of the molecule is CCc1sc(=NC(=O)c2ccc(C)cc2)n(CC)c1-c1ccc(C)cc1. The van der Waals surface area contributed by atoms with Crippen LogP contribution in [0.4, 0.5) is 0 Å². The van der Waals surface area contributed by atoms with Crippen LogP contribution in [0.15, 0.2) is 53.5 Å². The zero-order chi connectivity index (χ0) is 18.7. The molecule has 1 heterocycles. The maximum atomic E-state index is 12.6. The number of hydrogen-bond acceptors (Lipinski definition) is 2. The molecule has 0 aliphatic carbocycles. The van der Waals surface area contributed by atoms with Crippen molar-refractivity contribution in [2.24, 2.45) is 4.99 Å². The Kier molecular flexibility index (Phi) is 5.52. The highest BCUT2D eigenvalue weighted by Crippen LogP contribution is 2.27. The number of rotatable bonds is 4. The Bertz CT molecular complexity index is 976. The minimum atomic E-state index is -0.188. The summed E-state index contributed by atoms with van der Waals surface area (Å²) in [5, 5.41) is 0. The van der Waals surface area contributed by atoms with Crippen molar-refractivity contribution in [3.8, 4) is 11.3 Å². The molecule has 0 aliphatic heterocycles. The molecule has 134 valence electrons. The van der Waals surface area contributed by atoms with E-state index in [0.29, 0.717) is 5.56 Å². The zero-order valence-corrected chi connectivity index (χ0v) is 16.6. The first-order chi connectivity index (χ1) is 12.5. The van der Waals surface area contributed by atoms with Gasteiger partial charge in [-0.3, -0.25) is 4.79 Å². The molecule has 3 aromatic rings. The standard InChI is InChI=1S/C22H24N2OS/c1-5-19-20(17-11-7-15(3)8-12-17)24(6-2)22(26-19)23-21(25)18-13-9-16(4)10-14-18/h7-14H,5-6H2,1-4H3. The van der Waals surface area contributed by atoms with E-state index in [2.05, 4.69) is 54.6 Å². The van der Waals surface area contributed by atoms with Crippen LogP contribution in [0.3, 0.4) is 0 Å². The molecule has 0 saturated carbocycles. The number of aryl methyl sites for hydroxylation is 3. The molecule has 3 nitrogen and oxygen atoms in total. The predicted octanol–water partition coefficient (Wildman–Crippen LogP) is 5.16. The van der Waals surface area contributed by atoms with Crippen molar-refractivity contribution in [3.05, 3.63) is 74.9 Å². The topological polar surface area (TPSA) is 34.4 Å². The van der Waals surface area contributed by atoms with E-state index in [1.807, 2.05) is 31.2 Å². The molecule has 26 heavy (non-hydrogen) atoms. The number of thiazole rings is 1. The van der Waals surface area contributed by atoms with Gasteiger partial charge in [0.25, 0.3) is 5.91 Å². The third-order valence-electron chi connectivity index (χ3n) is 4.44. The van der Waals surface area contributed by atoms with Crippen molar-refractivity contribution in [1.82, 2.24) is 4.57 Å². The summed E-state index contributed by atoms with van der Waals surface area (Å²) in [5.74, 6) is -0.188. The van der Waals surface area contributed by atoms with Crippen LogP contribution >= 0.6 is 11.3 Å². The number of hydrogen-bond donors (Lipinski definition) is 0. The van der Waals surface area contributed by atoms with Crippen LogP contribution in [0.1, 0.15) is 40.2 Å². The van der Waals surface area contributed by atoms with Gasteiger partial charge in [0.1, 0.15) is 0 Å². The van der Waals surface area contributed by atoms with Gasteiger partial charge >= 0.3 is 0 Å². The molecule has 4 heteroatoms. The lowest BCUT2D eigenvalue weighted by Gasteiger charge is -2.09. The van der Waals surface area contributed by atoms with Crippen molar-refractivity contribution < 1.29 is 4.79 Å². The highest BCUT2D eigenvalue weighted by molar-refractivity contribution is 7.09. The third-order valence-corrected chi connectivity index (χ3v) is 5.66. The Labute approximate surface area is 158 Å². The van der Waals surface area contributed by atoms with Crippen LogP contribution in [0.5, 0.6) is 0 Å². The van der Waals surface area contributed by atoms with Gasteiger partial charge in [0.05, 0.1) is 5.69 Å². The molecule has 0 fully saturated rings. The first-order valence-corrected chi connectivity index (χ1v) is 9.80. The Morgan fingerprint density at radius 3 is 2.08 bits per heavy atom. The van der Waals surface area contributed by atoms with Crippen LogP contribution in [0, 0.1) is 13.8 Å². The molecule has 0 radical (unpaired) electrons. The molecule has 0 unspecified atom stereocenters. The summed E-state index contributed by atoms with van der Waals surface area (Å²) < 4.78 is 2.15. The Morgan fingerprint density at radius 1 is 0.962 bits per heavy atom. The van der Waals surface area contributed by atoms with Crippen molar-refractivity contribution in [1.29, 1.82) is 0 Å². The lowest BCUT2D eigenvalue weighted by atomic mass is 10.1. The summed E-state index contributed by atoms with van der Waals surface area (Å²) >= 11 is 1.61. The molecule has 0 N–H and O–H groups in total. The number of amides is 1. The number of carbonyl (C=O) groups is 1. The van der Waals surface area contributed by atoms with E-state index >= 15 is 0 Å². The predicted molar refractivity (Wildman–Crippen MR) is 109 cm³/mol. The number of carbonyl (C=O) groups excluding carboxylic acids is 1. The summed E-state index contributed by atoms with van der Waals surface area (Å²) in [7, 11) is 0. The largest absolute Gasteiger partial charge is 0.316 e. The van der Waals surface area contributed by atoms with Crippen LogP contribution in [-0.2, 0) is 13.0 Å². The maximum absolute atomic E-state index is 12.6. The van der Waals surface area contributed by atoms with E-state index in [4.69, 9.17) is 0 Å². The fraction of sp³-hybridized carbons (Fsp3) is 0.273. The number of aromatic nitrogens is 1. The smallest absolute Gasteiger partial charge is 0.279 e. The molecule has 1 amide bonds. The fourth-order valence-corrected chi connectivity index (χ4v) is 4.10. The first kappa shape index (κ1) is 18.3. The zero-order valence-electron chi connectivity index (χ0n) is 15.7. The molecule has 0 spiro atoms. The second-order valence-electron chi connectivity index (χ2n) is 6.40. The highest BCUT2D eigenvalue weighted by Gasteiger charge is 2.14. The normalized spacial score (nSPS) is 11.8. The molecule has 1 aromatic heterocycles. The van der Waals surface area contributed by atoms with E-state index in [9.17, 15) is 4.79 Å². The van der Waals surface area contributed by atoms with E-state index in [1.54, 1.807) is 11.3 Å². The summed E-state index contributed by atoms with van der Waals surface area (Å²) in [6, 6.07) is 16.1. The highest BCUT2D eigenvalue weighted by atomic mass is 32.1. The van der Waals surface area contributed by atoms with E-state index in [-0.39, 0.29) is 5.91 Å². The van der Waals surface area contributed by atoms with E-state index in [0.717, 1.165) is 23.3 Å².